The molecular formula is C9H9ClINO2. The van der Waals surface area contributed by atoms with Gasteiger partial charge in [-0.25, -0.2) is 0 Å². The average molecular weight is 326 g/mol. The third-order valence-electron chi connectivity index (χ3n) is 1.76. The minimum Gasteiger partial charge on any atom is -0.480 e. The summed E-state index contributed by atoms with van der Waals surface area (Å²) in [5, 5.41) is 9.23. The lowest BCUT2D eigenvalue weighted by Gasteiger charge is -2.07. The Balaban J connectivity index is 2.78. The van der Waals surface area contributed by atoms with Gasteiger partial charge in [0.15, 0.2) is 0 Å². The van der Waals surface area contributed by atoms with Crippen LogP contribution in [-0.4, -0.2) is 17.1 Å². The first kappa shape index (κ1) is 11.7. The largest absolute Gasteiger partial charge is 0.480 e. The van der Waals surface area contributed by atoms with Crippen LogP contribution in [0.1, 0.15) is 5.56 Å². The van der Waals surface area contributed by atoms with Gasteiger partial charge in [0.2, 0.25) is 0 Å². The van der Waals surface area contributed by atoms with Gasteiger partial charge in [-0.1, -0.05) is 17.7 Å². The van der Waals surface area contributed by atoms with Crippen LogP contribution in [0.4, 0.5) is 0 Å². The van der Waals surface area contributed by atoms with Crippen LogP contribution >= 0.6 is 34.2 Å². The van der Waals surface area contributed by atoms with Gasteiger partial charge in [0, 0.05) is 3.57 Å². The summed E-state index contributed by atoms with van der Waals surface area (Å²) in [4.78, 5) is 10.5. The Morgan fingerprint density at radius 2 is 2.29 bits per heavy atom. The van der Waals surface area contributed by atoms with Crippen LogP contribution in [0.3, 0.4) is 0 Å². The molecule has 0 aliphatic rings. The molecule has 1 rings (SSSR count). The Morgan fingerprint density at radius 1 is 1.64 bits per heavy atom. The molecule has 0 saturated carbocycles. The van der Waals surface area contributed by atoms with Crippen molar-refractivity contribution in [3.8, 4) is 0 Å². The zero-order chi connectivity index (χ0) is 10.7. The highest BCUT2D eigenvalue weighted by molar-refractivity contribution is 14.1. The van der Waals surface area contributed by atoms with Crippen molar-refractivity contribution in [1.82, 2.24) is 0 Å². The number of hydrogen-bond acceptors (Lipinski definition) is 2. The lowest BCUT2D eigenvalue weighted by Crippen LogP contribution is -2.32. The first-order valence-corrected chi connectivity index (χ1v) is 5.38. The second kappa shape index (κ2) is 4.95. The molecule has 0 aromatic heterocycles. The van der Waals surface area contributed by atoms with Crippen LogP contribution < -0.4 is 5.73 Å². The van der Waals surface area contributed by atoms with Crippen LogP contribution in [0, 0.1) is 3.57 Å². The lowest BCUT2D eigenvalue weighted by atomic mass is 10.1. The van der Waals surface area contributed by atoms with Crippen molar-refractivity contribution in [3.63, 3.8) is 0 Å². The van der Waals surface area contributed by atoms with Gasteiger partial charge < -0.3 is 10.8 Å². The van der Waals surface area contributed by atoms with Crippen molar-refractivity contribution in [2.24, 2.45) is 5.73 Å². The molecule has 0 saturated heterocycles. The van der Waals surface area contributed by atoms with Crippen LogP contribution in [-0.2, 0) is 11.2 Å². The molecule has 5 heteroatoms. The molecule has 0 aliphatic heterocycles. The molecule has 0 heterocycles. The summed E-state index contributed by atoms with van der Waals surface area (Å²) in [6.07, 6.45) is 0.298. The first-order valence-electron chi connectivity index (χ1n) is 3.93. The van der Waals surface area contributed by atoms with Gasteiger partial charge in [0.05, 0.1) is 5.02 Å². The number of carbonyl (C=O) groups is 1. The number of halogens is 2. The van der Waals surface area contributed by atoms with Gasteiger partial charge in [-0.3, -0.25) is 4.79 Å². The number of aliphatic carboxylic acids is 1. The molecule has 76 valence electrons. The van der Waals surface area contributed by atoms with Gasteiger partial charge in [0.25, 0.3) is 0 Å². The lowest BCUT2D eigenvalue weighted by molar-refractivity contribution is -0.138. The molecule has 3 N–H and O–H groups in total. The summed E-state index contributed by atoms with van der Waals surface area (Å²) < 4.78 is 0.942. The van der Waals surface area contributed by atoms with Crippen LogP contribution in [0.25, 0.3) is 0 Å². The van der Waals surface area contributed by atoms with E-state index in [4.69, 9.17) is 22.4 Å². The summed E-state index contributed by atoms with van der Waals surface area (Å²) in [6, 6.07) is 4.54. The smallest absolute Gasteiger partial charge is 0.320 e. The summed E-state index contributed by atoms with van der Waals surface area (Å²) in [5.74, 6) is -1.00. The Bertz CT molecular complexity index is 357. The minimum atomic E-state index is -1.00. The molecule has 1 aromatic rings. The Hall–Kier alpha value is -0.330. The molecule has 14 heavy (non-hydrogen) atoms. The van der Waals surface area contributed by atoms with Crippen molar-refractivity contribution < 1.29 is 9.90 Å². The SMILES string of the molecule is N[C@H](Cc1ccc(I)c(Cl)c1)C(=O)O. The van der Waals surface area contributed by atoms with Gasteiger partial charge in [0.1, 0.15) is 6.04 Å². The second-order valence-electron chi connectivity index (χ2n) is 2.90. The fourth-order valence-electron chi connectivity index (χ4n) is 1.01. The van der Waals surface area contributed by atoms with Gasteiger partial charge in [-0.05, 0) is 46.7 Å². The highest BCUT2D eigenvalue weighted by Gasteiger charge is 2.12. The molecular weight excluding hydrogens is 316 g/mol. The predicted octanol–water partition coefficient (Wildman–Crippen LogP) is 1.90. The van der Waals surface area contributed by atoms with Crippen molar-refractivity contribution in [3.05, 3.63) is 32.4 Å². The van der Waals surface area contributed by atoms with E-state index < -0.39 is 12.0 Å². The number of rotatable bonds is 3. The molecule has 0 radical (unpaired) electrons. The second-order valence-corrected chi connectivity index (χ2v) is 4.47. The molecule has 0 unspecified atom stereocenters. The Morgan fingerprint density at radius 3 is 2.79 bits per heavy atom. The molecule has 0 aliphatic carbocycles. The van der Waals surface area contributed by atoms with E-state index in [0.717, 1.165) is 9.13 Å². The number of carboxylic acid groups (broad SMARTS) is 1. The maximum Gasteiger partial charge on any atom is 0.320 e. The third-order valence-corrected chi connectivity index (χ3v) is 3.33. The maximum atomic E-state index is 10.5. The molecule has 0 fully saturated rings. The third kappa shape index (κ3) is 3.11. The van der Waals surface area contributed by atoms with E-state index in [0.29, 0.717) is 11.4 Å². The minimum absolute atomic E-state index is 0.298. The van der Waals surface area contributed by atoms with Crippen molar-refractivity contribution in [1.29, 1.82) is 0 Å². The topological polar surface area (TPSA) is 63.3 Å². The van der Waals surface area contributed by atoms with E-state index in [1.54, 1.807) is 6.07 Å². The van der Waals surface area contributed by atoms with Gasteiger partial charge in [-0.15, -0.1) is 0 Å². The predicted molar refractivity (Wildman–Crippen MR) is 63.5 cm³/mol. The van der Waals surface area contributed by atoms with Crippen LogP contribution in [0.15, 0.2) is 18.2 Å². The molecule has 0 spiro atoms. The summed E-state index contributed by atoms with van der Waals surface area (Å²) in [5.41, 5.74) is 6.23. The monoisotopic (exact) mass is 325 g/mol. The van der Waals surface area contributed by atoms with E-state index >= 15 is 0 Å². The quantitative estimate of drug-likeness (QED) is 0.834. The normalized spacial score (nSPS) is 12.5. The highest BCUT2D eigenvalue weighted by atomic mass is 127. The van der Waals surface area contributed by atoms with Crippen molar-refractivity contribution in [2.75, 3.05) is 0 Å². The van der Waals surface area contributed by atoms with Crippen molar-refractivity contribution in [2.45, 2.75) is 12.5 Å². The molecule has 1 atom stereocenters. The van der Waals surface area contributed by atoms with E-state index in [1.165, 1.54) is 0 Å². The van der Waals surface area contributed by atoms with Crippen molar-refractivity contribution >= 4 is 40.2 Å². The fraction of sp³-hybridized carbons (Fsp3) is 0.222. The average Bonchev–Trinajstić information content (AvgIpc) is 2.11. The van der Waals surface area contributed by atoms with Crippen LogP contribution in [0.2, 0.25) is 5.02 Å². The number of nitrogens with two attached hydrogens (primary N) is 1. The fourth-order valence-corrected chi connectivity index (χ4v) is 1.55. The molecule has 3 nitrogen and oxygen atoms in total. The number of benzene rings is 1. The summed E-state index contributed by atoms with van der Waals surface area (Å²) in [6.45, 7) is 0. The van der Waals surface area contributed by atoms with E-state index in [1.807, 2.05) is 12.1 Å². The summed E-state index contributed by atoms with van der Waals surface area (Å²) >= 11 is 7.99. The number of carboxylic acids is 1. The van der Waals surface area contributed by atoms with E-state index in [2.05, 4.69) is 22.6 Å². The number of hydrogen-bond donors (Lipinski definition) is 2. The van der Waals surface area contributed by atoms with Crippen LogP contribution in [0.5, 0.6) is 0 Å². The maximum absolute atomic E-state index is 10.5. The Labute approximate surface area is 100 Å². The van der Waals surface area contributed by atoms with E-state index in [-0.39, 0.29) is 0 Å². The summed E-state index contributed by atoms with van der Waals surface area (Å²) in [7, 11) is 0. The van der Waals surface area contributed by atoms with Gasteiger partial charge >= 0.3 is 5.97 Å². The zero-order valence-electron chi connectivity index (χ0n) is 7.21. The Kier molecular flexibility index (Phi) is 4.15. The molecule has 0 amide bonds. The zero-order valence-corrected chi connectivity index (χ0v) is 10.1. The first-order chi connectivity index (χ1) is 6.50. The van der Waals surface area contributed by atoms with Gasteiger partial charge in [-0.2, -0.15) is 0 Å². The standard InChI is InChI=1S/C9H9ClINO2/c10-6-3-5(1-2-7(6)11)4-8(12)9(13)14/h1-3,8H,4,12H2,(H,13,14)/t8-/m1/s1. The highest BCUT2D eigenvalue weighted by Crippen LogP contribution is 2.20. The molecule has 1 aromatic carbocycles. The molecule has 0 bridgehead atoms. The van der Waals surface area contributed by atoms with E-state index in [9.17, 15) is 4.79 Å².